The van der Waals surface area contributed by atoms with Crippen LogP contribution < -0.4 is 5.32 Å². The van der Waals surface area contributed by atoms with Gasteiger partial charge in [0.05, 0.1) is 16.6 Å². The van der Waals surface area contributed by atoms with Crippen LogP contribution in [0.25, 0.3) is 32.7 Å². The highest BCUT2D eigenvalue weighted by Crippen LogP contribution is 2.36. The average molecular weight is 399 g/mol. The third kappa shape index (κ3) is 3.25. The predicted octanol–water partition coefficient (Wildman–Crippen LogP) is 3.30. The van der Waals surface area contributed by atoms with E-state index in [1.807, 2.05) is 50.3 Å². The maximum atomic E-state index is 12.9. The Bertz CT molecular complexity index is 1180. The van der Waals surface area contributed by atoms with E-state index in [4.69, 9.17) is 0 Å². The number of aromatic nitrogens is 2. The predicted molar refractivity (Wildman–Crippen MR) is 116 cm³/mol. The van der Waals surface area contributed by atoms with Crippen LogP contribution in [0.5, 0.6) is 5.75 Å². The number of nitrogens with one attached hydrogen (secondary N) is 1. The lowest BCUT2D eigenvalue weighted by atomic mass is 10.0. The third-order valence-corrected chi connectivity index (χ3v) is 4.92. The molecule has 0 aliphatic carbocycles. The molecule has 4 rings (SSSR count). The largest absolute Gasteiger partial charge is 0.508 e. The van der Waals surface area contributed by atoms with Crippen molar-refractivity contribution in [1.29, 1.82) is 0 Å². The number of hydrogen-bond acceptors (Lipinski definition) is 4. The van der Waals surface area contributed by atoms with Crippen LogP contribution in [-0.2, 0) is 7.05 Å². The molecule has 2 heterocycles. The van der Waals surface area contributed by atoms with Gasteiger partial charge in [-0.15, -0.1) is 12.4 Å². The molecule has 0 unspecified atom stereocenters. The van der Waals surface area contributed by atoms with Crippen LogP contribution >= 0.6 is 12.4 Å². The van der Waals surface area contributed by atoms with E-state index in [2.05, 4.69) is 14.9 Å². The van der Waals surface area contributed by atoms with Gasteiger partial charge in [0.25, 0.3) is 5.91 Å². The van der Waals surface area contributed by atoms with Gasteiger partial charge in [0.2, 0.25) is 0 Å². The molecule has 2 aromatic carbocycles. The monoisotopic (exact) mass is 398 g/mol. The first-order valence-corrected chi connectivity index (χ1v) is 8.89. The zero-order chi connectivity index (χ0) is 19.1. The molecular weight excluding hydrogens is 376 g/mol. The van der Waals surface area contributed by atoms with Crippen LogP contribution in [0.15, 0.2) is 42.6 Å². The first kappa shape index (κ1) is 19.9. The molecule has 0 saturated heterocycles. The van der Waals surface area contributed by atoms with Crippen LogP contribution in [0.1, 0.15) is 10.4 Å². The van der Waals surface area contributed by atoms with Crippen molar-refractivity contribution in [3.8, 4) is 5.75 Å². The summed E-state index contributed by atoms with van der Waals surface area (Å²) in [7, 11) is 5.93. The normalized spacial score (nSPS) is 11.3. The molecule has 2 N–H and O–H groups in total. The molecule has 28 heavy (non-hydrogen) atoms. The summed E-state index contributed by atoms with van der Waals surface area (Å²) in [4.78, 5) is 19.4. The first-order valence-electron chi connectivity index (χ1n) is 8.89. The minimum Gasteiger partial charge on any atom is -0.508 e. The van der Waals surface area contributed by atoms with Crippen LogP contribution in [0.2, 0.25) is 0 Å². The van der Waals surface area contributed by atoms with Gasteiger partial charge in [-0.05, 0) is 50.5 Å². The molecular formula is C21H23ClN4O2. The Hall–Kier alpha value is -2.83. The van der Waals surface area contributed by atoms with Crippen LogP contribution in [-0.4, -0.2) is 52.6 Å². The number of halogens is 1. The number of fused-ring (bicyclic) bond motifs is 5. The maximum Gasteiger partial charge on any atom is 0.253 e. The van der Waals surface area contributed by atoms with Gasteiger partial charge in [-0.1, -0.05) is 0 Å². The van der Waals surface area contributed by atoms with Gasteiger partial charge in [-0.3, -0.25) is 9.78 Å². The minimum atomic E-state index is -0.139. The molecule has 146 valence electrons. The summed E-state index contributed by atoms with van der Waals surface area (Å²) in [6.07, 6.45) is 1.71. The molecule has 0 aliphatic rings. The number of aromatic hydroxyl groups is 1. The van der Waals surface area contributed by atoms with Crippen LogP contribution in [0, 0.1) is 0 Å². The Balaban J connectivity index is 0.00000225. The fraction of sp³-hybridized carbons (Fsp3) is 0.238. The number of carbonyl (C=O) groups excluding carboxylic acids is 1. The zero-order valence-corrected chi connectivity index (χ0v) is 16.9. The van der Waals surface area contributed by atoms with Gasteiger partial charge < -0.3 is 19.9 Å². The summed E-state index contributed by atoms with van der Waals surface area (Å²) in [6.45, 7) is 1.33. The molecule has 0 aliphatic heterocycles. The van der Waals surface area contributed by atoms with E-state index >= 15 is 0 Å². The third-order valence-electron chi connectivity index (χ3n) is 4.92. The zero-order valence-electron chi connectivity index (χ0n) is 16.1. The number of rotatable bonds is 4. The Morgan fingerprint density at radius 1 is 1.18 bits per heavy atom. The standard InChI is InChI=1S/C21H22N4O2.ClH/c1-24(2)10-9-23-21(27)17-12-16-15-11-13(26)6-7-18(15)25(3)20(16)14-5-4-8-22-19(14)17;/h4-8,11-12,26H,9-10H2,1-3H3,(H,23,27);1H. The van der Waals surface area contributed by atoms with E-state index in [9.17, 15) is 9.90 Å². The van der Waals surface area contributed by atoms with Crippen molar-refractivity contribution in [3.63, 3.8) is 0 Å². The summed E-state index contributed by atoms with van der Waals surface area (Å²) >= 11 is 0. The fourth-order valence-corrected chi connectivity index (χ4v) is 3.62. The van der Waals surface area contributed by atoms with Gasteiger partial charge in [-0.25, -0.2) is 0 Å². The number of carbonyl (C=O) groups is 1. The van der Waals surface area contributed by atoms with E-state index in [-0.39, 0.29) is 24.1 Å². The molecule has 1 amide bonds. The molecule has 0 saturated carbocycles. The van der Waals surface area contributed by atoms with Gasteiger partial charge >= 0.3 is 0 Å². The Morgan fingerprint density at radius 2 is 1.96 bits per heavy atom. The number of aryl methyl sites for hydroxylation is 1. The first-order chi connectivity index (χ1) is 13.0. The number of pyridine rings is 1. The summed E-state index contributed by atoms with van der Waals surface area (Å²) < 4.78 is 2.09. The molecule has 0 spiro atoms. The number of nitrogens with zero attached hydrogens (tertiary/aromatic N) is 3. The highest BCUT2D eigenvalue weighted by Gasteiger charge is 2.18. The molecule has 0 bridgehead atoms. The van der Waals surface area contributed by atoms with Crippen LogP contribution in [0.4, 0.5) is 0 Å². The van der Waals surface area contributed by atoms with Crippen molar-refractivity contribution >= 4 is 51.0 Å². The number of hydrogen-bond donors (Lipinski definition) is 2. The smallest absolute Gasteiger partial charge is 0.253 e. The van der Waals surface area contributed by atoms with Gasteiger partial charge in [0.1, 0.15) is 5.75 Å². The fourth-order valence-electron chi connectivity index (χ4n) is 3.62. The summed E-state index contributed by atoms with van der Waals surface area (Å²) in [5.41, 5.74) is 3.23. The molecule has 0 fully saturated rings. The molecule has 6 nitrogen and oxygen atoms in total. The lowest BCUT2D eigenvalue weighted by Gasteiger charge is -2.12. The van der Waals surface area contributed by atoms with Crippen molar-refractivity contribution in [2.24, 2.45) is 7.05 Å². The van der Waals surface area contributed by atoms with Crippen molar-refractivity contribution in [3.05, 3.63) is 48.2 Å². The van der Waals surface area contributed by atoms with Gasteiger partial charge in [0.15, 0.2) is 0 Å². The lowest BCUT2D eigenvalue weighted by Crippen LogP contribution is -2.31. The van der Waals surface area contributed by atoms with Gasteiger partial charge in [-0.2, -0.15) is 0 Å². The molecule has 0 atom stereocenters. The van der Waals surface area contributed by atoms with Gasteiger partial charge in [0, 0.05) is 48.0 Å². The van der Waals surface area contributed by atoms with Crippen molar-refractivity contribution in [2.45, 2.75) is 0 Å². The van der Waals surface area contributed by atoms with Crippen molar-refractivity contribution in [2.75, 3.05) is 27.2 Å². The quantitative estimate of drug-likeness (QED) is 0.553. The summed E-state index contributed by atoms with van der Waals surface area (Å²) in [6, 6.07) is 11.1. The Labute approximate surface area is 169 Å². The van der Waals surface area contributed by atoms with Crippen molar-refractivity contribution in [1.82, 2.24) is 19.8 Å². The molecule has 0 radical (unpaired) electrons. The number of phenolic OH excluding ortho intramolecular Hbond substituents is 1. The number of likely N-dealkylation sites (N-methyl/N-ethyl adjacent to an activating group) is 1. The molecule has 7 heteroatoms. The van der Waals surface area contributed by atoms with Crippen LogP contribution in [0.3, 0.4) is 0 Å². The number of amides is 1. The number of benzene rings is 2. The SMILES string of the molecule is CN(C)CCNC(=O)c1cc2c3cc(O)ccc3n(C)c2c2cccnc12.Cl. The van der Waals surface area contributed by atoms with Crippen molar-refractivity contribution < 1.29 is 9.90 Å². The molecule has 4 aromatic rings. The second-order valence-corrected chi connectivity index (χ2v) is 7.04. The van der Waals surface area contributed by atoms with E-state index in [1.54, 1.807) is 18.3 Å². The highest BCUT2D eigenvalue weighted by atomic mass is 35.5. The topological polar surface area (TPSA) is 70.4 Å². The van der Waals surface area contributed by atoms with E-state index in [0.29, 0.717) is 17.6 Å². The Morgan fingerprint density at radius 3 is 2.71 bits per heavy atom. The maximum absolute atomic E-state index is 12.9. The minimum absolute atomic E-state index is 0. The Kier molecular flexibility index (Phi) is 5.45. The second-order valence-electron chi connectivity index (χ2n) is 7.04. The van der Waals surface area contributed by atoms with E-state index in [1.165, 1.54) is 0 Å². The average Bonchev–Trinajstić information content (AvgIpc) is 2.92. The second kappa shape index (κ2) is 7.66. The summed E-state index contributed by atoms with van der Waals surface area (Å²) in [5, 5.41) is 15.7. The highest BCUT2D eigenvalue weighted by molar-refractivity contribution is 6.22. The summed E-state index contributed by atoms with van der Waals surface area (Å²) in [5.74, 6) is 0.0675. The van der Waals surface area contributed by atoms with E-state index in [0.717, 1.165) is 33.7 Å². The number of phenols is 1. The van der Waals surface area contributed by atoms with E-state index < -0.39 is 0 Å². The lowest BCUT2D eigenvalue weighted by molar-refractivity contribution is 0.0952. The molecule has 2 aromatic heterocycles.